The minimum absolute atomic E-state index is 0.160. The zero-order valence-corrected chi connectivity index (χ0v) is 19.7. The Kier molecular flexibility index (Phi) is 6.74. The number of nitrogens with one attached hydrogen (secondary N) is 1. The van der Waals surface area contributed by atoms with Crippen LogP contribution in [-0.4, -0.2) is 48.3 Å². The van der Waals surface area contributed by atoms with E-state index in [4.69, 9.17) is 4.74 Å². The summed E-state index contributed by atoms with van der Waals surface area (Å²) in [6, 6.07) is 15.6. The number of aryl methyl sites for hydroxylation is 2. The van der Waals surface area contributed by atoms with E-state index in [1.54, 1.807) is 28.7 Å². The summed E-state index contributed by atoms with van der Waals surface area (Å²) >= 11 is 1.30. The summed E-state index contributed by atoms with van der Waals surface area (Å²) in [6.45, 7) is 6.38. The smallest absolute Gasteiger partial charge is 0.238 e. The Hall–Kier alpha value is -3.66. The van der Waals surface area contributed by atoms with Crippen LogP contribution >= 0.6 is 11.8 Å². The maximum Gasteiger partial charge on any atom is 0.238 e. The van der Waals surface area contributed by atoms with Crippen LogP contribution in [0.3, 0.4) is 0 Å². The molecule has 2 aromatic heterocycles. The van der Waals surface area contributed by atoms with E-state index in [1.165, 1.54) is 11.8 Å². The lowest BCUT2D eigenvalue weighted by atomic mass is 10.1. The van der Waals surface area contributed by atoms with Crippen molar-refractivity contribution >= 4 is 23.5 Å². The molecule has 0 spiro atoms. The lowest BCUT2D eigenvalue weighted by Crippen LogP contribution is -2.24. The minimum atomic E-state index is -0.427. The predicted molar refractivity (Wildman–Crippen MR) is 127 cm³/mol. The van der Waals surface area contributed by atoms with Crippen molar-refractivity contribution in [3.63, 3.8) is 0 Å². The maximum absolute atomic E-state index is 12.9. The van der Waals surface area contributed by atoms with Crippen LogP contribution in [0.5, 0.6) is 5.75 Å². The van der Waals surface area contributed by atoms with Gasteiger partial charge in [-0.2, -0.15) is 9.78 Å². The zero-order valence-electron chi connectivity index (χ0n) is 18.9. The predicted octanol–water partition coefficient (Wildman–Crippen LogP) is 3.65. The van der Waals surface area contributed by atoms with Gasteiger partial charge in [0.05, 0.1) is 30.8 Å². The quantitative estimate of drug-likeness (QED) is 0.398. The number of tetrazole rings is 1. The van der Waals surface area contributed by atoms with E-state index in [1.807, 2.05) is 63.2 Å². The van der Waals surface area contributed by atoms with Gasteiger partial charge in [-0.1, -0.05) is 36.0 Å². The van der Waals surface area contributed by atoms with Gasteiger partial charge >= 0.3 is 0 Å². The Labute approximate surface area is 196 Å². The van der Waals surface area contributed by atoms with Crippen LogP contribution in [0.2, 0.25) is 0 Å². The number of hydrogen-bond acceptors (Lipinski definition) is 7. The number of anilines is 1. The number of ether oxygens (including phenoxy) is 1. The molecule has 0 aliphatic carbocycles. The van der Waals surface area contributed by atoms with E-state index >= 15 is 0 Å². The average molecular weight is 464 g/mol. The van der Waals surface area contributed by atoms with E-state index in [0.717, 1.165) is 28.1 Å². The van der Waals surface area contributed by atoms with Crippen molar-refractivity contribution in [1.82, 2.24) is 30.0 Å². The number of thioether (sulfide) groups is 1. The van der Waals surface area contributed by atoms with Gasteiger partial charge in [-0.25, -0.2) is 4.68 Å². The first-order valence-corrected chi connectivity index (χ1v) is 11.3. The summed E-state index contributed by atoms with van der Waals surface area (Å²) in [5, 5.41) is 19.5. The van der Waals surface area contributed by atoms with Crippen molar-refractivity contribution in [2.45, 2.75) is 37.7 Å². The number of methoxy groups -OCH3 is 1. The van der Waals surface area contributed by atoms with E-state index in [9.17, 15) is 4.79 Å². The molecule has 4 aromatic rings. The third-order valence-corrected chi connectivity index (χ3v) is 6.18. The summed E-state index contributed by atoms with van der Waals surface area (Å²) in [5.74, 6) is 1.26. The fraction of sp³-hybridized carbons (Fsp3) is 0.261. The van der Waals surface area contributed by atoms with Gasteiger partial charge in [0.2, 0.25) is 11.1 Å². The molecule has 1 N–H and O–H groups in total. The number of aromatic nitrogens is 6. The van der Waals surface area contributed by atoms with Gasteiger partial charge in [0.1, 0.15) is 11.6 Å². The third kappa shape index (κ3) is 5.23. The number of nitrogens with zero attached hydrogens (tertiary/aromatic N) is 6. The molecule has 0 saturated carbocycles. The second-order valence-electron chi connectivity index (χ2n) is 7.63. The first kappa shape index (κ1) is 22.5. The molecule has 4 rings (SSSR count). The second-order valence-corrected chi connectivity index (χ2v) is 8.94. The molecule has 33 heavy (non-hydrogen) atoms. The van der Waals surface area contributed by atoms with Gasteiger partial charge in [-0.3, -0.25) is 4.79 Å². The van der Waals surface area contributed by atoms with Crippen molar-refractivity contribution in [2.75, 3.05) is 12.4 Å². The molecule has 0 radical (unpaired) electrons. The standard InChI is InChI=1S/C23H25N7O2S/c1-15-5-6-16(2)20(13-15)30-23(26-27-28-30)33-17(3)22(31)25-21-11-12-24-29(21)14-18-7-9-19(32-4)10-8-18/h5-13,17H,14H2,1-4H3,(H,25,31). The van der Waals surface area contributed by atoms with Crippen LogP contribution in [-0.2, 0) is 11.3 Å². The van der Waals surface area contributed by atoms with Gasteiger partial charge < -0.3 is 10.1 Å². The fourth-order valence-corrected chi connectivity index (χ4v) is 4.06. The molecule has 1 unspecified atom stereocenters. The Balaban J connectivity index is 1.44. The number of amides is 1. The first-order valence-electron chi connectivity index (χ1n) is 10.4. The van der Waals surface area contributed by atoms with Crippen LogP contribution in [0, 0.1) is 13.8 Å². The topological polar surface area (TPSA) is 99.8 Å². The molecular weight excluding hydrogens is 438 g/mol. The number of rotatable bonds is 8. The van der Waals surface area contributed by atoms with Crippen molar-refractivity contribution in [3.8, 4) is 11.4 Å². The van der Waals surface area contributed by atoms with Crippen molar-refractivity contribution in [2.24, 2.45) is 0 Å². The van der Waals surface area contributed by atoms with E-state index in [0.29, 0.717) is 17.5 Å². The van der Waals surface area contributed by atoms with Crippen LogP contribution in [0.25, 0.3) is 5.69 Å². The molecular formula is C23H25N7O2S. The second kappa shape index (κ2) is 9.86. The average Bonchev–Trinajstić information content (AvgIpc) is 3.45. The molecule has 0 aliphatic rings. The molecule has 0 saturated heterocycles. The van der Waals surface area contributed by atoms with Gasteiger partial charge in [0, 0.05) is 6.07 Å². The molecule has 0 aliphatic heterocycles. The number of hydrogen-bond donors (Lipinski definition) is 1. The van der Waals surface area contributed by atoms with E-state index in [2.05, 4.69) is 25.9 Å². The monoisotopic (exact) mass is 463 g/mol. The van der Waals surface area contributed by atoms with Crippen molar-refractivity contribution in [1.29, 1.82) is 0 Å². The molecule has 1 atom stereocenters. The molecule has 2 heterocycles. The summed E-state index contributed by atoms with van der Waals surface area (Å²) in [5.41, 5.74) is 4.10. The fourth-order valence-electron chi connectivity index (χ4n) is 3.26. The lowest BCUT2D eigenvalue weighted by Gasteiger charge is -2.14. The highest BCUT2D eigenvalue weighted by atomic mass is 32.2. The number of carbonyl (C=O) groups excluding carboxylic acids is 1. The first-order chi connectivity index (χ1) is 15.9. The minimum Gasteiger partial charge on any atom is -0.497 e. The lowest BCUT2D eigenvalue weighted by molar-refractivity contribution is -0.115. The molecule has 170 valence electrons. The maximum atomic E-state index is 12.9. The number of benzene rings is 2. The zero-order chi connectivity index (χ0) is 23.4. The van der Waals surface area contributed by atoms with Crippen molar-refractivity contribution < 1.29 is 9.53 Å². The highest BCUT2D eigenvalue weighted by Crippen LogP contribution is 2.26. The summed E-state index contributed by atoms with van der Waals surface area (Å²) in [7, 11) is 1.63. The molecule has 2 aromatic carbocycles. The molecule has 9 nitrogen and oxygen atoms in total. The normalized spacial score (nSPS) is 11.9. The highest BCUT2D eigenvalue weighted by molar-refractivity contribution is 8.00. The van der Waals surface area contributed by atoms with Gasteiger partial charge in [-0.05, 0) is 66.1 Å². The largest absolute Gasteiger partial charge is 0.497 e. The molecule has 1 amide bonds. The van der Waals surface area contributed by atoms with Crippen LogP contribution in [0.1, 0.15) is 23.6 Å². The Bertz CT molecular complexity index is 1250. The van der Waals surface area contributed by atoms with Gasteiger partial charge in [-0.15, -0.1) is 5.10 Å². The Morgan fingerprint density at radius 1 is 1.15 bits per heavy atom. The SMILES string of the molecule is COc1ccc(Cn2nccc2NC(=O)C(C)Sc2nnnn2-c2cc(C)ccc2C)cc1. The van der Waals surface area contributed by atoms with E-state index < -0.39 is 5.25 Å². The molecule has 0 bridgehead atoms. The van der Waals surface area contributed by atoms with Crippen LogP contribution in [0.15, 0.2) is 59.9 Å². The van der Waals surface area contributed by atoms with Gasteiger partial charge in [0.25, 0.3) is 0 Å². The van der Waals surface area contributed by atoms with Crippen LogP contribution < -0.4 is 10.1 Å². The summed E-state index contributed by atoms with van der Waals surface area (Å²) in [4.78, 5) is 12.9. The number of carbonyl (C=O) groups is 1. The van der Waals surface area contributed by atoms with E-state index in [-0.39, 0.29) is 5.91 Å². The van der Waals surface area contributed by atoms with Crippen molar-refractivity contribution in [3.05, 3.63) is 71.4 Å². The Morgan fingerprint density at radius 3 is 2.70 bits per heavy atom. The van der Waals surface area contributed by atoms with Crippen LogP contribution in [0.4, 0.5) is 5.82 Å². The molecule has 10 heteroatoms. The highest BCUT2D eigenvalue weighted by Gasteiger charge is 2.21. The summed E-state index contributed by atoms with van der Waals surface area (Å²) < 4.78 is 8.62. The molecule has 0 fully saturated rings. The third-order valence-electron chi connectivity index (χ3n) is 5.14. The Morgan fingerprint density at radius 2 is 1.94 bits per heavy atom. The van der Waals surface area contributed by atoms with Gasteiger partial charge in [0.15, 0.2) is 0 Å². The summed E-state index contributed by atoms with van der Waals surface area (Å²) in [6.07, 6.45) is 1.66.